The minimum atomic E-state index is -1.45. The van der Waals surface area contributed by atoms with Gasteiger partial charge in [0.1, 0.15) is 0 Å². The van der Waals surface area contributed by atoms with Crippen molar-refractivity contribution in [1.82, 2.24) is 0 Å². The lowest BCUT2D eigenvalue weighted by molar-refractivity contribution is 0.448. The lowest BCUT2D eigenvalue weighted by Crippen LogP contribution is -1.92. The topological polar surface area (TPSA) is 0 Å². The maximum Gasteiger partial charge on any atom is 0.194 e. The first-order valence-corrected chi connectivity index (χ1v) is 11.0. The monoisotopic (exact) mass is 430 g/mol. The predicted molar refractivity (Wildman–Crippen MR) is 126 cm³/mol. The summed E-state index contributed by atoms with van der Waals surface area (Å²) in [7, 11) is 0. The maximum atomic E-state index is 13.6. The van der Waals surface area contributed by atoms with E-state index < -0.39 is 17.5 Å². The smallest absolute Gasteiger partial charge is 0.194 e. The molecule has 4 rings (SSSR count). The molecule has 0 aliphatic rings. The molecule has 0 spiro atoms. The van der Waals surface area contributed by atoms with E-state index in [0.717, 1.165) is 35.2 Å². The Morgan fingerprint density at radius 2 is 1.03 bits per heavy atom. The van der Waals surface area contributed by atoms with E-state index in [1.807, 2.05) is 30.3 Å². The van der Waals surface area contributed by atoms with E-state index in [2.05, 4.69) is 43.3 Å². The second-order valence-electron chi connectivity index (χ2n) is 8.07. The van der Waals surface area contributed by atoms with Crippen molar-refractivity contribution in [3.8, 4) is 33.4 Å². The zero-order valence-electron chi connectivity index (χ0n) is 18.0. The number of benzene rings is 4. The molecule has 0 nitrogen and oxygen atoms in total. The molecule has 32 heavy (non-hydrogen) atoms. The van der Waals surface area contributed by atoms with Gasteiger partial charge in [0.25, 0.3) is 0 Å². The van der Waals surface area contributed by atoms with E-state index in [1.165, 1.54) is 30.4 Å². The molecular weight excluding hydrogens is 405 g/mol. The third-order valence-corrected chi connectivity index (χ3v) is 5.75. The molecule has 162 valence electrons. The van der Waals surface area contributed by atoms with Crippen molar-refractivity contribution in [1.29, 1.82) is 0 Å². The minimum Gasteiger partial charge on any atom is -0.204 e. The van der Waals surface area contributed by atoms with Gasteiger partial charge in [-0.15, -0.1) is 0 Å². The Hall–Kier alpha value is -3.33. The molecule has 3 heteroatoms. The van der Waals surface area contributed by atoms with Crippen molar-refractivity contribution < 1.29 is 13.2 Å². The molecule has 0 aliphatic carbocycles. The van der Waals surface area contributed by atoms with Gasteiger partial charge in [-0.2, -0.15) is 0 Å². The van der Waals surface area contributed by atoms with E-state index in [1.54, 1.807) is 6.07 Å². The van der Waals surface area contributed by atoms with Crippen LogP contribution >= 0.6 is 0 Å². The molecule has 4 aromatic rings. The lowest BCUT2D eigenvalue weighted by atomic mass is 9.96. The van der Waals surface area contributed by atoms with E-state index in [0.29, 0.717) is 11.1 Å². The number of hydrogen-bond donors (Lipinski definition) is 0. The highest BCUT2D eigenvalue weighted by Gasteiger charge is 2.12. The van der Waals surface area contributed by atoms with E-state index in [4.69, 9.17) is 0 Å². The third-order valence-electron chi connectivity index (χ3n) is 5.75. The van der Waals surface area contributed by atoms with Gasteiger partial charge in [-0.3, -0.25) is 0 Å². The van der Waals surface area contributed by atoms with Gasteiger partial charge < -0.3 is 0 Å². The number of halogens is 3. The van der Waals surface area contributed by atoms with Crippen LogP contribution in [0.3, 0.4) is 0 Å². The fraction of sp³-hybridized carbons (Fsp3) is 0.172. The number of rotatable bonds is 7. The Morgan fingerprint density at radius 1 is 0.531 bits per heavy atom. The molecule has 0 saturated heterocycles. The first-order valence-electron chi connectivity index (χ1n) is 11.0. The maximum absolute atomic E-state index is 13.6. The highest BCUT2D eigenvalue weighted by molar-refractivity contribution is 5.75. The van der Waals surface area contributed by atoms with Gasteiger partial charge in [0, 0.05) is 0 Å². The van der Waals surface area contributed by atoms with Gasteiger partial charge in [0.2, 0.25) is 0 Å². The molecular formula is C29H25F3. The molecule has 0 unspecified atom stereocenters. The Bertz CT molecular complexity index is 1170. The SMILES string of the molecule is CCCCCc1ccc(-c2ccc(-c3cccc(-c4cc(F)c(F)c(F)c4)c3)cc2)cc1. The van der Waals surface area contributed by atoms with Crippen molar-refractivity contribution in [2.45, 2.75) is 32.6 Å². The van der Waals surface area contributed by atoms with Crippen LogP contribution in [0.4, 0.5) is 13.2 Å². The second-order valence-corrected chi connectivity index (χ2v) is 8.07. The summed E-state index contributed by atoms with van der Waals surface area (Å²) >= 11 is 0. The van der Waals surface area contributed by atoms with Crippen LogP contribution in [0.5, 0.6) is 0 Å². The Labute approximate surface area is 187 Å². The largest absolute Gasteiger partial charge is 0.204 e. The van der Waals surface area contributed by atoms with Crippen LogP contribution < -0.4 is 0 Å². The molecule has 0 radical (unpaired) electrons. The Morgan fingerprint density at radius 3 is 1.59 bits per heavy atom. The van der Waals surface area contributed by atoms with Gasteiger partial charge in [-0.1, -0.05) is 86.5 Å². The molecule has 0 aliphatic heterocycles. The standard InChI is InChI=1S/C29H25F3/c1-2-3-4-6-20-9-11-21(12-10-20)22-13-15-23(16-14-22)24-7-5-8-25(17-24)26-18-27(30)29(32)28(31)19-26/h5,7-19H,2-4,6H2,1H3. The zero-order valence-corrected chi connectivity index (χ0v) is 18.0. The second kappa shape index (κ2) is 9.86. The van der Waals surface area contributed by atoms with Crippen LogP contribution in [0.1, 0.15) is 31.7 Å². The number of hydrogen-bond acceptors (Lipinski definition) is 0. The van der Waals surface area contributed by atoms with E-state index in [-0.39, 0.29) is 0 Å². The highest BCUT2D eigenvalue weighted by Crippen LogP contribution is 2.30. The average molecular weight is 431 g/mol. The highest BCUT2D eigenvalue weighted by atomic mass is 19.2. The Balaban J connectivity index is 1.54. The lowest BCUT2D eigenvalue weighted by Gasteiger charge is -2.09. The summed E-state index contributed by atoms with van der Waals surface area (Å²) < 4.78 is 40.6. The van der Waals surface area contributed by atoms with Crippen LogP contribution in [0, 0.1) is 17.5 Å². The van der Waals surface area contributed by atoms with Gasteiger partial charge in [0.05, 0.1) is 0 Å². The summed E-state index contributed by atoms with van der Waals surface area (Å²) in [6.45, 7) is 2.21. The van der Waals surface area contributed by atoms with E-state index >= 15 is 0 Å². The molecule has 0 bridgehead atoms. The van der Waals surface area contributed by atoms with Gasteiger partial charge >= 0.3 is 0 Å². The first-order chi connectivity index (χ1) is 15.5. The minimum absolute atomic E-state index is 0.305. The van der Waals surface area contributed by atoms with E-state index in [9.17, 15) is 13.2 Å². The van der Waals surface area contributed by atoms with Crippen LogP contribution in [0.25, 0.3) is 33.4 Å². The fourth-order valence-corrected chi connectivity index (χ4v) is 3.90. The molecule has 0 heterocycles. The van der Waals surface area contributed by atoms with Crippen molar-refractivity contribution in [3.63, 3.8) is 0 Å². The summed E-state index contributed by atoms with van der Waals surface area (Å²) in [4.78, 5) is 0. The van der Waals surface area contributed by atoms with Crippen LogP contribution in [-0.2, 0) is 6.42 Å². The third kappa shape index (κ3) is 4.94. The van der Waals surface area contributed by atoms with Crippen molar-refractivity contribution in [3.05, 3.63) is 108 Å². The average Bonchev–Trinajstić information content (AvgIpc) is 2.83. The van der Waals surface area contributed by atoms with Gasteiger partial charge in [-0.05, 0) is 70.0 Å². The zero-order chi connectivity index (χ0) is 22.5. The number of unbranched alkanes of at least 4 members (excludes halogenated alkanes) is 2. The molecule has 0 aromatic heterocycles. The molecule has 0 amide bonds. The van der Waals surface area contributed by atoms with Gasteiger partial charge in [-0.25, -0.2) is 13.2 Å². The van der Waals surface area contributed by atoms with Crippen LogP contribution in [0.15, 0.2) is 84.9 Å². The summed E-state index contributed by atoms with van der Waals surface area (Å²) in [5.74, 6) is -3.83. The molecule has 0 atom stereocenters. The molecule has 0 saturated carbocycles. The Kier molecular flexibility index (Phi) is 6.75. The normalized spacial score (nSPS) is 11.0. The summed E-state index contributed by atoms with van der Waals surface area (Å²) in [5, 5.41) is 0. The van der Waals surface area contributed by atoms with Crippen LogP contribution in [-0.4, -0.2) is 0 Å². The summed E-state index contributed by atoms with van der Waals surface area (Å²) in [6.07, 6.45) is 4.83. The first kappa shape index (κ1) is 21.9. The summed E-state index contributed by atoms with van der Waals surface area (Å²) in [6, 6.07) is 26.4. The number of aryl methyl sites for hydroxylation is 1. The van der Waals surface area contributed by atoms with Crippen LogP contribution in [0.2, 0.25) is 0 Å². The predicted octanol–water partition coefficient (Wildman–Crippen LogP) is 8.84. The molecule has 0 fully saturated rings. The quantitative estimate of drug-likeness (QED) is 0.203. The summed E-state index contributed by atoms with van der Waals surface area (Å²) in [5.41, 5.74) is 6.51. The molecule has 4 aromatic carbocycles. The van der Waals surface area contributed by atoms with Crippen molar-refractivity contribution in [2.24, 2.45) is 0 Å². The molecule has 0 N–H and O–H groups in total. The van der Waals surface area contributed by atoms with Crippen molar-refractivity contribution in [2.75, 3.05) is 0 Å². The van der Waals surface area contributed by atoms with Gasteiger partial charge in [0.15, 0.2) is 17.5 Å². The fourth-order valence-electron chi connectivity index (χ4n) is 3.90. The van der Waals surface area contributed by atoms with Crippen molar-refractivity contribution >= 4 is 0 Å².